The van der Waals surface area contributed by atoms with E-state index in [9.17, 15) is 0 Å². The number of hydrogen-bond donors (Lipinski definition) is 1. The van der Waals surface area contributed by atoms with E-state index in [0.29, 0.717) is 16.9 Å². The molecule has 0 saturated carbocycles. The zero-order chi connectivity index (χ0) is 28.1. The first-order valence-corrected chi connectivity index (χ1v) is 15.6. The largest absolute Gasteiger partial charge is 0.370 e. The number of nitrogens with zero attached hydrogens (tertiary/aromatic N) is 5. The van der Waals surface area contributed by atoms with E-state index < -0.39 is 0 Å². The highest BCUT2D eigenvalue weighted by Crippen LogP contribution is 2.44. The number of pyridine rings is 1. The van der Waals surface area contributed by atoms with Crippen LogP contribution in [-0.2, 0) is 0 Å². The molecule has 1 N–H and O–H groups in total. The Hall–Kier alpha value is -3.46. The fraction of sp³-hybridized carbons (Fsp3) is 0.281. The van der Waals surface area contributed by atoms with E-state index in [2.05, 4.69) is 94.3 Å². The summed E-state index contributed by atoms with van der Waals surface area (Å²) in [4.78, 5) is 14.3. The monoisotopic (exact) mass is 598 g/mol. The number of benzene rings is 2. The van der Waals surface area contributed by atoms with Crippen molar-refractivity contribution in [1.82, 2.24) is 19.9 Å². The van der Waals surface area contributed by atoms with Gasteiger partial charge in [0.2, 0.25) is 0 Å². The first kappa shape index (κ1) is 26.4. The van der Waals surface area contributed by atoms with E-state index >= 15 is 0 Å². The van der Waals surface area contributed by atoms with Crippen molar-refractivity contribution in [3.05, 3.63) is 102 Å². The van der Waals surface area contributed by atoms with Crippen LogP contribution in [0.15, 0.2) is 85.2 Å². The SMILES string of the molecule is C[C@@H]1C[C@@H](C)CN(c2ccc(N3C(=S)N[C@@H](c4ccccn4)[C@@H]3c3cccn3-c3nc4ccccc4s3)cc2Cl)C1. The highest BCUT2D eigenvalue weighted by atomic mass is 35.5. The van der Waals surface area contributed by atoms with E-state index in [-0.39, 0.29) is 12.1 Å². The number of thiocarbonyl (C=S) groups is 1. The van der Waals surface area contributed by atoms with Gasteiger partial charge in [0.05, 0.1) is 38.4 Å². The number of aromatic nitrogens is 3. The highest BCUT2D eigenvalue weighted by Gasteiger charge is 2.42. The van der Waals surface area contributed by atoms with Crippen LogP contribution in [0, 0.1) is 11.8 Å². The van der Waals surface area contributed by atoms with Gasteiger partial charge in [-0.05, 0) is 85.1 Å². The van der Waals surface area contributed by atoms with E-state index in [1.807, 2.05) is 24.4 Å². The number of piperidine rings is 1. The number of rotatable bonds is 5. The number of para-hydroxylation sites is 1. The third kappa shape index (κ3) is 4.88. The Morgan fingerprint density at radius 3 is 2.54 bits per heavy atom. The first-order valence-electron chi connectivity index (χ1n) is 14.0. The van der Waals surface area contributed by atoms with E-state index in [1.54, 1.807) is 11.3 Å². The number of halogens is 1. The molecule has 7 rings (SSSR count). The Balaban J connectivity index is 1.31. The van der Waals surface area contributed by atoms with Crippen molar-refractivity contribution >= 4 is 61.9 Å². The van der Waals surface area contributed by atoms with Crippen LogP contribution < -0.4 is 15.1 Å². The molecule has 0 radical (unpaired) electrons. The summed E-state index contributed by atoms with van der Waals surface area (Å²) in [6.07, 6.45) is 5.17. The first-order chi connectivity index (χ1) is 20.0. The van der Waals surface area contributed by atoms with Gasteiger partial charge in [0.1, 0.15) is 6.04 Å². The summed E-state index contributed by atoms with van der Waals surface area (Å²) >= 11 is 14.7. The highest BCUT2D eigenvalue weighted by molar-refractivity contribution is 7.80. The summed E-state index contributed by atoms with van der Waals surface area (Å²) in [6, 6.07) is 24.5. The lowest BCUT2D eigenvalue weighted by atomic mass is 9.91. The maximum absolute atomic E-state index is 7.02. The molecule has 5 aromatic rings. The van der Waals surface area contributed by atoms with Gasteiger partial charge in [-0.25, -0.2) is 4.98 Å². The van der Waals surface area contributed by atoms with Gasteiger partial charge in [-0.2, -0.15) is 0 Å². The lowest BCUT2D eigenvalue weighted by Gasteiger charge is -2.37. The lowest BCUT2D eigenvalue weighted by Crippen LogP contribution is -2.38. The van der Waals surface area contributed by atoms with Crippen LogP contribution in [0.4, 0.5) is 11.4 Å². The van der Waals surface area contributed by atoms with Gasteiger partial charge in [0.15, 0.2) is 10.2 Å². The average Bonchev–Trinajstić information content (AvgIpc) is 3.69. The van der Waals surface area contributed by atoms with Crippen LogP contribution in [0.25, 0.3) is 15.3 Å². The van der Waals surface area contributed by atoms with Crippen molar-refractivity contribution in [1.29, 1.82) is 0 Å². The molecule has 3 aromatic heterocycles. The molecule has 0 spiro atoms. The van der Waals surface area contributed by atoms with Gasteiger partial charge in [-0.1, -0.05) is 55.0 Å². The fourth-order valence-corrected chi connectivity index (χ4v) is 8.08. The molecule has 4 atom stereocenters. The van der Waals surface area contributed by atoms with Crippen LogP contribution >= 0.6 is 35.2 Å². The Morgan fingerprint density at radius 2 is 1.78 bits per heavy atom. The third-order valence-corrected chi connectivity index (χ3v) is 9.74. The second-order valence-corrected chi connectivity index (χ2v) is 13.1. The van der Waals surface area contributed by atoms with Gasteiger partial charge in [-0.15, -0.1) is 0 Å². The topological polar surface area (TPSA) is 49.2 Å². The Bertz CT molecular complexity index is 1670. The van der Waals surface area contributed by atoms with Crippen LogP contribution in [-0.4, -0.2) is 32.7 Å². The minimum atomic E-state index is -0.170. The summed E-state index contributed by atoms with van der Waals surface area (Å²) in [5, 5.41) is 5.89. The standard InChI is InChI=1S/C32H31ClN6S2/c1-20-16-21(2)19-37(18-20)26-13-12-22(17-23(26)33)39-30(29(36-31(39)40)25-9-5-6-14-34-25)27-10-7-15-38(27)32-35-24-8-3-4-11-28(24)41-32/h3-15,17,20-21,29-30H,16,18-19H2,1-2H3,(H,36,40)/t20-,21-,29+,30+/m1/s1. The molecule has 0 aliphatic carbocycles. The summed E-state index contributed by atoms with van der Waals surface area (Å²) in [7, 11) is 0. The summed E-state index contributed by atoms with van der Waals surface area (Å²) in [5.41, 5.74) is 5.04. The molecule has 2 saturated heterocycles. The molecule has 208 valence electrons. The number of anilines is 2. The van der Waals surface area contributed by atoms with Crippen molar-refractivity contribution in [2.24, 2.45) is 11.8 Å². The Morgan fingerprint density at radius 1 is 0.976 bits per heavy atom. The second kappa shape index (κ2) is 10.7. The zero-order valence-electron chi connectivity index (χ0n) is 22.9. The predicted octanol–water partition coefficient (Wildman–Crippen LogP) is 7.79. The normalized spacial score (nSPS) is 22.9. The van der Waals surface area contributed by atoms with E-state index in [1.165, 1.54) is 6.42 Å². The number of fused-ring (bicyclic) bond motifs is 1. The van der Waals surface area contributed by atoms with Crippen molar-refractivity contribution in [3.63, 3.8) is 0 Å². The van der Waals surface area contributed by atoms with Crippen LogP contribution in [0.2, 0.25) is 5.02 Å². The summed E-state index contributed by atoms with van der Waals surface area (Å²) in [6.45, 7) is 6.69. The summed E-state index contributed by atoms with van der Waals surface area (Å²) in [5.74, 6) is 1.28. The summed E-state index contributed by atoms with van der Waals surface area (Å²) < 4.78 is 3.34. The lowest BCUT2D eigenvalue weighted by molar-refractivity contribution is 0.357. The van der Waals surface area contributed by atoms with Gasteiger partial charge in [0, 0.05) is 31.2 Å². The minimum absolute atomic E-state index is 0.158. The van der Waals surface area contributed by atoms with E-state index in [4.69, 9.17) is 33.8 Å². The molecule has 2 fully saturated rings. The molecule has 2 aromatic carbocycles. The van der Waals surface area contributed by atoms with Crippen molar-refractivity contribution in [3.8, 4) is 5.13 Å². The van der Waals surface area contributed by atoms with Gasteiger partial charge < -0.3 is 15.1 Å². The van der Waals surface area contributed by atoms with Crippen molar-refractivity contribution in [2.45, 2.75) is 32.4 Å². The molecular formula is C32H31ClN6S2. The molecule has 0 amide bonds. The Labute approximate surface area is 254 Å². The molecule has 9 heteroatoms. The molecule has 41 heavy (non-hydrogen) atoms. The van der Waals surface area contributed by atoms with Gasteiger partial charge >= 0.3 is 0 Å². The predicted molar refractivity (Wildman–Crippen MR) is 173 cm³/mol. The molecule has 2 aliphatic heterocycles. The van der Waals surface area contributed by atoms with Gasteiger partial charge in [0.25, 0.3) is 0 Å². The zero-order valence-corrected chi connectivity index (χ0v) is 25.3. The molecule has 0 bridgehead atoms. The quantitative estimate of drug-likeness (QED) is 0.208. The number of nitrogens with one attached hydrogen (secondary N) is 1. The molecule has 5 heterocycles. The van der Waals surface area contributed by atoms with Crippen LogP contribution in [0.3, 0.4) is 0 Å². The fourth-order valence-electron chi connectivity index (χ4n) is 6.47. The van der Waals surface area contributed by atoms with Crippen molar-refractivity contribution < 1.29 is 0 Å². The van der Waals surface area contributed by atoms with Gasteiger partial charge in [-0.3, -0.25) is 9.55 Å². The second-order valence-electron chi connectivity index (χ2n) is 11.3. The van der Waals surface area contributed by atoms with Crippen LogP contribution in [0.5, 0.6) is 0 Å². The van der Waals surface area contributed by atoms with Crippen LogP contribution in [0.1, 0.15) is 43.7 Å². The maximum atomic E-state index is 7.02. The minimum Gasteiger partial charge on any atom is -0.370 e. The number of hydrogen-bond acceptors (Lipinski definition) is 5. The average molecular weight is 599 g/mol. The maximum Gasteiger partial charge on any atom is 0.194 e. The molecule has 6 nitrogen and oxygen atoms in total. The van der Waals surface area contributed by atoms with Crippen molar-refractivity contribution in [2.75, 3.05) is 22.9 Å². The molecular weight excluding hydrogens is 568 g/mol. The molecule has 0 unspecified atom stereocenters. The Kier molecular flexibility index (Phi) is 6.93. The third-order valence-electron chi connectivity index (χ3n) is 8.09. The molecule has 2 aliphatic rings. The smallest absolute Gasteiger partial charge is 0.194 e. The number of thiazole rings is 1. The van der Waals surface area contributed by atoms with E-state index in [0.717, 1.165) is 56.2 Å².